The monoisotopic (exact) mass is 461 g/mol. The van der Waals surface area contributed by atoms with Gasteiger partial charge in [-0.2, -0.15) is 13.2 Å². The lowest BCUT2D eigenvalue weighted by Crippen LogP contribution is -2.45. The van der Waals surface area contributed by atoms with Gasteiger partial charge in [-0.3, -0.25) is 9.69 Å². The van der Waals surface area contributed by atoms with Crippen LogP contribution in [0.25, 0.3) is 10.2 Å². The summed E-state index contributed by atoms with van der Waals surface area (Å²) < 4.78 is 38.8. The summed E-state index contributed by atoms with van der Waals surface area (Å²) in [7, 11) is 0. The Morgan fingerprint density at radius 3 is 2.69 bits per heavy atom. The number of nitrogens with one attached hydrogen (secondary N) is 3. The number of halogens is 3. The molecule has 4 heterocycles. The van der Waals surface area contributed by atoms with Gasteiger partial charge in [-0.05, 0) is 49.7 Å². The van der Waals surface area contributed by atoms with E-state index >= 15 is 0 Å². The minimum atomic E-state index is -4.47. The van der Waals surface area contributed by atoms with Crippen LogP contribution in [0.5, 0.6) is 0 Å². The lowest BCUT2D eigenvalue weighted by molar-refractivity contribution is -0.137. The number of rotatable bonds is 3. The third kappa shape index (κ3) is 3.56. The van der Waals surface area contributed by atoms with Crippen molar-refractivity contribution >= 4 is 50.6 Å². The molecule has 7 nitrogen and oxygen atoms in total. The first-order valence-corrected chi connectivity index (χ1v) is 10.9. The Balaban J connectivity index is 1.52. The van der Waals surface area contributed by atoms with E-state index in [4.69, 9.17) is 0 Å². The van der Waals surface area contributed by atoms with E-state index in [1.165, 1.54) is 34.6 Å². The molecule has 2 aliphatic heterocycles. The minimum Gasteiger partial charge on any atom is -0.347 e. The number of hydrogen-bond donors (Lipinski definition) is 3. The van der Waals surface area contributed by atoms with Crippen LogP contribution in [0.4, 0.5) is 35.0 Å². The first-order chi connectivity index (χ1) is 15.3. The van der Waals surface area contributed by atoms with E-state index in [2.05, 4.69) is 20.9 Å². The lowest BCUT2D eigenvalue weighted by Gasteiger charge is -2.29. The molecule has 1 saturated heterocycles. The summed E-state index contributed by atoms with van der Waals surface area (Å²) in [6.07, 6.45) is -1.12. The number of anilines is 3. The lowest BCUT2D eigenvalue weighted by atomic mass is 10.1. The number of nitrogens with zero attached hydrogens (tertiary/aromatic N) is 2. The largest absolute Gasteiger partial charge is 0.416 e. The van der Waals surface area contributed by atoms with Gasteiger partial charge in [0.05, 0.1) is 28.0 Å². The summed E-state index contributed by atoms with van der Waals surface area (Å²) in [4.78, 5) is 32.5. The number of hydrogen-bond acceptors (Lipinski definition) is 5. The van der Waals surface area contributed by atoms with E-state index in [0.717, 1.165) is 31.5 Å². The van der Waals surface area contributed by atoms with Crippen molar-refractivity contribution in [2.45, 2.75) is 25.1 Å². The van der Waals surface area contributed by atoms with Crippen LogP contribution in [0.1, 0.15) is 28.1 Å². The second-order valence-corrected chi connectivity index (χ2v) is 8.64. The Morgan fingerprint density at radius 2 is 2.00 bits per heavy atom. The van der Waals surface area contributed by atoms with Crippen LogP contribution in [0.2, 0.25) is 0 Å². The zero-order chi connectivity index (χ0) is 22.5. The minimum absolute atomic E-state index is 0.00373. The summed E-state index contributed by atoms with van der Waals surface area (Å²) in [5, 5.41) is 9.57. The van der Waals surface area contributed by atoms with Gasteiger partial charge in [-0.25, -0.2) is 9.78 Å². The van der Waals surface area contributed by atoms with Crippen LogP contribution in [0.15, 0.2) is 36.5 Å². The third-order valence-corrected chi connectivity index (χ3v) is 6.63. The zero-order valence-corrected chi connectivity index (χ0v) is 17.4. The number of carbonyl (C=O) groups excluding carboxylic acids is 2. The van der Waals surface area contributed by atoms with Crippen molar-refractivity contribution < 1.29 is 22.8 Å². The summed E-state index contributed by atoms with van der Waals surface area (Å²) in [6.45, 7) is 1.60. The number of piperidine rings is 1. The van der Waals surface area contributed by atoms with E-state index in [-0.39, 0.29) is 17.6 Å². The molecule has 0 radical (unpaired) electrons. The van der Waals surface area contributed by atoms with E-state index in [1.807, 2.05) is 0 Å². The van der Waals surface area contributed by atoms with Crippen molar-refractivity contribution in [3.63, 3.8) is 0 Å². The molecule has 3 N–H and O–H groups in total. The molecule has 1 unspecified atom stereocenters. The van der Waals surface area contributed by atoms with Crippen LogP contribution < -0.4 is 20.9 Å². The van der Waals surface area contributed by atoms with Crippen molar-refractivity contribution in [2.75, 3.05) is 23.3 Å². The number of benzene rings is 1. The molecule has 5 rings (SSSR count). The molecular weight excluding hydrogens is 443 g/mol. The molecule has 3 aromatic rings. The number of urea groups is 1. The fourth-order valence-corrected chi connectivity index (χ4v) is 5.05. The van der Waals surface area contributed by atoms with Gasteiger partial charge in [0, 0.05) is 18.8 Å². The highest BCUT2D eigenvalue weighted by molar-refractivity contribution is 7.21. The highest BCUT2D eigenvalue weighted by Gasteiger charge is 2.34. The number of pyridine rings is 1. The van der Waals surface area contributed by atoms with Crippen molar-refractivity contribution in [2.24, 2.45) is 0 Å². The van der Waals surface area contributed by atoms with Gasteiger partial charge in [0.15, 0.2) is 0 Å². The Kier molecular flexibility index (Phi) is 5.01. The van der Waals surface area contributed by atoms with Gasteiger partial charge < -0.3 is 16.0 Å². The van der Waals surface area contributed by atoms with Crippen LogP contribution in [-0.4, -0.2) is 36.1 Å². The van der Waals surface area contributed by atoms with Gasteiger partial charge >= 0.3 is 12.2 Å². The van der Waals surface area contributed by atoms with Gasteiger partial charge in [-0.15, -0.1) is 11.3 Å². The molecule has 2 aromatic heterocycles. The number of alkyl halides is 3. The first-order valence-electron chi connectivity index (χ1n) is 10.0. The average Bonchev–Trinajstić information content (AvgIpc) is 3.14. The number of thiophene rings is 1. The topological polar surface area (TPSA) is 86.4 Å². The zero-order valence-electron chi connectivity index (χ0n) is 16.6. The molecule has 1 atom stereocenters. The van der Waals surface area contributed by atoms with Crippen molar-refractivity contribution in [1.29, 1.82) is 0 Å². The Bertz CT molecular complexity index is 1200. The highest BCUT2D eigenvalue weighted by Crippen LogP contribution is 2.46. The summed E-state index contributed by atoms with van der Waals surface area (Å²) in [5.41, 5.74) is 0.315. The third-order valence-electron chi connectivity index (χ3n) is 5.54. The molecule has 32 heavy (non-hydrogen) atoms. The van der Waals surface area contributed by atoms with Gasteiger partial charge in [0.2, 0.25) is 0 Å². The van der Waals surface area contributed by atoms with E-state index < -0.39 is 17.8 Å². The Morgan fingerprint density at radius 1 is 1.22 bits per heavy atom. The van der Waals surface area contributed by atoms with Crippen LogP contribution >= 0.6 is 11.3 Å². The summed E-state index contributed by atoms with van der Waals surface area (Å²) >= 11 is 1.17. The molecule has 11 heteroatoms. The second kappa shape index (κ2) is 7.75. The van der Waals surface area contributed by atoms with E-state index in [9.17, 15) is 22.8 Å². The standard InChI is InChI=1S/C21H18F3N5O2S/c22-21(23,24)11-3-5-13(6-4-11)29-14-7-9-26-19-15(14)16(28-20(29)31)17(32-19)18(30)27-12-2-1-8-25-10-12/h3-7,9,12,25H,1-2,8,10H2,(H,27,30)(H,28,31). The quantitative estimate of drug-likeness (QED) is 0.537. The number of amides is 3. The normalized spacial score (nSPS) is 18.5. The SMILES string of the molecule is O=C(NC1CCCNC1)c1sc2nccc3c2c1NC(=O)N3c1ccc(C(F)(F)F)cc1. The van der Waals surface area contributed by atoms with Gasteiger partial charge in [0.1, 0.15) is 9.71 Å². The predicted octanol–water partition coefficient (Wildman–Crippen LogP) is 4.48. The van der Waals surface area contributed by atoms with Crippen LogP contribution in [0, 0.1) is 0 Å². The van der Waals surface area contributed by atoms with Crippen molar-refractivity contribution in [3.05, 3.63) is 47.0 Å². The fraction of sp³-hybridized carbons (Fsp3) is 0.286. The molecule has 0 saturated carbocycles. The first kappa shape index (κ1) is 20.7. The molecule has 2 aliphatic rings. The molecule has 1 aromatic carbocycles. The number of aromatic nitrogens is 1. The maximum atomic E-state index is 13.0. The van der Waals surface area contributed by atoms with Crippen molar-refractivity contribution in [1.82, 2.24) is 15.6 Å². The maximum Gasteiger partial charge on any atom is 0.416 e. The molecule has 3 amide bonds. The summed E-state index contributed by atoms with van der Waals surface area (Å²) in [5.74, 6) is -0.286. The molecule has 0 bridgehead atoms. The summed E-state index contributed by atoms with van der Waals surface area (Å²) in [6, 6.07) is 5.41. The Labute approximate surface area is 184 Å². The van der Waals surface area contributed by atoms with Gasteiger partial charge in [0.25, 0.3) is 5.91 Å². The Hall–Kier alpha value is -3.18. The number of carbonyl (C=O) groups is 2. The van der Waals surface area contributed by atoms with Crippen LogP contribution in [0.3, 0.4) is 0 Å². The van der Waals surface area contributed by atoms with Gasteiger partial charge in [-0.1, -0.05) is 0 Å². The molecule has 166 valence electrons. The van der Waals surface area contributed by atoms with Crippen molar-refractivity contribution in [3.8, 4) is 0 Å². The highest BCUT2D eigenvalue weighted by atomic mass is 32.1. The van der Waals surface area contributed by atoms with Crippen LogP contribution in [-0.2, 0) is 6.18 Å². The smallest absolute Gasteiger partial charge is 0.347 e. The maximum absolute atomic E-state index is 13.0. The average molecular weight is 461 g/mol. The predicted molar refractivity (Wildman–Crippen MR) is 116 cm³/mol. The fourth-order valence-electron chi connectivity index (χ4n) is 4.03. The molecule has 0 spiro atoms. The molecule has 0 aliphatic carbocycles. The second-order valence-electron chi connectivity index (χ2n) is 7.64. The van der Waals surface area contributed by atoms with E-state index in [0.29, 0.717) is 33.0 Å². The van der Waals surface area contributed by atoms with E-state index in [1.54, 1.807) is 6.07 Å². The molecule has 1 fully saturated rings. The molecular formula is C21H18F3N5O2S.